The number of carbonyl (C=O) groups excluding carboxylic acids is 1. The maximum absolute atomic E-state index is 13.2. The summed E-state index contributed by atoms with van der Waals surface area (Å²) in [5.41, 5.74) is -0.967. The Hall–Kier alpha value is -2.99. The summed E-state index contributed by atoms with van der Waals surface area (Å²) in [6, 6.07) is 6.43. The van der Waals surface area contributed by atoms with Gasteiger partial charge in [0.15, 0.2) is 16.7 Å². The molecule has 184 valence electrons. The minimum Gasteiger partial charge on any atom is -0.489 e. The predicted octanol–water partition coefficient (Wildman–Crippen LogP) is 4.97. The van der Waals surface area contributed by atoms with Crippen molar-refractivity contribution in [1.82, 2.24) is 14.8 Å². The second-order valence-electron chi connectivity index (χ2n) is 7.67. The number of methoxy groups -OCH3 is 1. The number of carbonyl (C=O) groups is 1. The first-order valence-electron chi connectivity index (χ1n) is 10.4. The lowest BCUT2D eigenvalue weighted by molar-refractivity contribution is -0.137. The Morgan fingerprint density at radius 1 is 1.24 bits per heavy atom. The van der Waals surface area contributed by atoms with Crippen LogP contribution in [0.2, 0.25) is 0 Å². The molecule has 1 amide bonds. The monoisotopic (exact) mass is 498 g/mol. The molecule has 0 aliphatic carbocycles. The number of alkyl halides is 3. The normalized spacial score (nSPS) is 11.7. The van der Waals surface area contributed by atoms with E-state index in [1.165, 1.54) is 19.4 Å². The van der Waals surface area contributed by atoms with Crippen LogP contribution in [0.3, 0.4) is 0 Å². The third-order valence-electron chi connectivity index (χ3n) is 4.46. The van der Waals surface area contributed by atoms with Crippen LogP contribution in [0.5, 0.6) is 5.75 Å². The zero-order valence-corrected chi connectivity index (χ0v) is 19.7. The average Bonchev–Trinajstić information content (AvgIpc) is 3.42. The Labute approximate surface area is 198 Å². The van der Waals surface area contributed by atoms with Gasteiger partial charge in [-0.25, -0.2) is 0 Å². The molecule has 8 nitrogen and oxygen atoms in total. The van der Waals surface area contributed by atoms with Gasteiger partial charge in [0.2, 0.25) is 5.91 Å². The number of halogens is 3. The van der Waals surface area contributed by atoms with Crippen molar-refractivity contribution in [3.8, 4) is 17.3 Å². The molecule has 0 saturated heterocycles. The summed E-state index contributed by atoms with van der Waals surface area (Å²) in [7, 11) is 1.48. The molecule has 1 aromatic carbocycles. The molecule has 34 heavy (non-hydrogen) atoms. The fourth-order valence-electron chi connectivity index (χ4n) is 2.99. The summed E-state index contributed by atoms with van der Waals surface area (Å²) in [5, 5.41) is 11.4. The van der Waals surface area contributed by atoms with Crippen LogP contribution in [-0.4, -0.2) is 46.7 Å². The first-order valence-corrected chi connectivity index (χ1v) is 11.4. The molecular weight excluding hydrogens is 473 g/mol. The summed E-state index contributed by atoms with van der Waals surface area (Å²) < 4.78 is 57.2. The lowest BCUT2D eigenvalue weighted by Gasteiger charge is -2.15. The molecule has 2 aromatic heterocycles. The molecule has 0 spiro atoms. The number of benzene rings is 1. The van der Waals surface area contributed by atoms with Gasteiger partial charge in [0.1, 0.15) is 12.4 Å². The van der Waals surface area contributed by atoms with Crippen LogP contribution in [0, 0.1) is 5.92 Å². The fourth-order valence-corrected chi connectivity index (χ4v) is 3.74. The van der Waals surface area contributed by atoms with Crippen molar-refractivity contribution in [2.75, 3.05) is 31.4 Å². The topological polar surface area (TPSA) is 91.4 Å². The van der Waals surface area contributed by atoms with Crippen molar-refractivity contribution in [2.24, 2.45) is 5.92 Å². The quantitative estimate of drug-likeness (QED) is 0.295. The van der Waals surface area contributed by atoms with Gasteiger partial charge < -0.3 is 19.2 Å². The van der Waals surface area contributed by atoms with E-state index in [-0.39, 0.29) is 36.3 Å². The van der Waals surface area contributed by atoms with Crippen LogP contribution in [0.15, 0.2) is 46.2 Å². The number of ether oxygens (including phenoxy) is 2. The summed E-state index contributed by atoms with van der Waals surface area (Å²) in [6.07, 6.45) is -3.03. The number of nitrogens with one attached hydrogen (secondary N) is 1. The van der Waals surface area contributed by atoms with Gasteiger partial charge in [-0.15, -0.1) is 10.2 Å². The van der Waals surface area contributed by atoms with E-state index in [4.69, 9.17) is 13.9 Å². The summed E-state index contributed by atoms with van der Waals surface area (Å²) in [4.78, 5) is 12.6. The number of hydrogen-bond acceptors (Lipinski definition) is 7. The number of rotatable bonds is 11. The van der Waals surface area contributed by atoms with E-state index < -0.39 is 17.6 Å². The van der Waals surface area contributed by atoms with Gasteiger partial charge in [-0.05, 0) is 36.2 Å². The van der Waals surface area contributed by atoms with Crippen molar-refractivity contribution >= 4 is 23.4 Å². The zero-order chi connectivity index (χ0) is 24.7. The number of thioether (sulfide) groups is 1. The number of nitrogens with zero attached hydrogens (tertiary/aromatic N) is 3. The molecule has 0 atom stereocenters. The van der Waals surface area contributed by atoms with E-state index in [2.05, 4.69) is 15.5 Å². The van der Waals surface area contributed by atoms with E-state index in [1.54, 1.807) is 12.1 Å². The largest absolute Gasteiger partial charge is 0.489 e. The summed E-state index contributed by atoms with van der Waals surface area (Å²) in [6.45, 7) is 5.02. The minimum absolute atomic E-state index is 0.0727. The Balaban J connectivity index is 1.74. The minimum atomic E-state index is -4.56. The standard InChI is InChI=1S/C22H25F3N4O4S/c1-14(2)12-29-20(18-5-4-8-32-18)27-28-21(29)34-13-19(30)26-16-11-15(22(23,24)25)6-7-17(16)33-10-9-31-3/h4-8,11,14H,9-10,12-13H2,1-3H3,(H,26,30). The van der Waals surface area contributed by atoms with E-state index in [1.807, 2.05) is 18.4 Å². The average molecular weight is 499 g/mol. The van der Waals surface area contributed by atoms with Gasteiger partial charge in [-0.1, -0.05) is 25.6 Å². The van der Waals surface area contributed by atoms with Crippen molar-refractivity contribution < 1.29 is 31.9 Å². The van der Waals surface area contributed by atoms with Crippen molar-refractivity contribution in [3.05, 3.63) is 42.2 Å². The van der Waals surface area contributed by atoms with E-state index in [0.717, 1.165) is 23.9 Å². The lowest BCUT2D eigenvalue weighted by Crippen LogP contribution is -2.17. The van der Waals surface area contributed by atoms with Crippen LogP contribution in [0.1, 0.15) is 19.4 Å². The number of anilines is 1. The van der Waals surface area contributed by atoms with Crippen molar-refractivity contribution in [1.29, 1.82) is 0 Å². The van der Waals surface area contributed by atoms with E-state index in [9.17, 15) is 18.0 Å². The maximum atomic E-state index is 13.2. The number of aromatic nitrogens is 3. The summed E-state index contributed by atoms with van der Waals surface area (Å²) >= 11 is 1.12. The molecule has 0 aliphatic rings. The Morgan fingerprint density at radius 2 is 2.03 bits per heavy atom. The van der Waals surface area contributed by atoms with Gasteiger partial charge >= 0.3 is 6.18 Å². The van der Waals surface area contributed by atoms with Crippen LogP contribution >= 0.6 is 11.8 Å². The van der Waals surface area contributed by atoms with Gasteiger partial charge in [0.25, 0.3) is 0 Å². The van der Waals surface area contributed by atoms with Crippen molar-refractivity contribution in [3.63, 3.8) is 0 Å². The van der Waals surface area contributed by atoms with E-state index in [0.29, 0.717) is 23.3 Å². The fraction of sp³-hybridized carbons (Fsp3) is 0.409. The number of furan rings is 1. The number of hydrogen-bond donors (Lipinski definition) is 1. The molecule has 0 aliphatic heterocycles. The smallest absolute Gasteiger partial charge is 0.416 e. The molecule has 3 aromatic rings. The van der Waals surface area contributed by atoms with Crippen molar-refractivity contribution in [2.45, 2.75) is 31.7 Å². The second kappa shape index (κ2) is 11.4. The van der Waals surface area contributed by atoms with Gasteiger partial charge in [0.05, 0.1) is 29.9 Å². The third kappa shape index (κ3) is 6.76. The zero-order valence-electron chi connectivity index (χ0n) is 18.9. The molecule has 2 heterocycles. The number of amides is 1. The third-order valence-corrected chi connectivity index (χ3v) is 5.43. The highest BCUT2D eigenvalue weighted by atomic mass is 32.2. The molecular formula is C22H25F3N4O4S. The lowest BCUT2D eigenvalue weighted by atomic mass is 10.1. The highest BCUT2D eigenvalue weighted by Crippen LogP contribution is 2.35. The first kappa shape index (κ1) is 25.6. The molecule has 12 heteroatoms. The molecule has 0 saturated carbocycles. The SMILES string of the molecule is COCCOc1ccc(C(F)(F)F)cc1NC(=O)CSc1nnc(-c2ccco2)n1CC(C)C. The van der Waals surface area contributed by atoms with Crippen LogP contribution in [0.25, 0.3) is 11.6 Å². The molecule has 0 fully saturated rings. The molecule has 1 N–H and O–H groups in total. The molecule has 3 rings (SSSR count). The highest BCUT2D eigenvalue weighted by Gasteiger charge is 2.31. The molecule has 0 bridgehead atoms. The Kier molecular flexibility index (Phi) is 8.61. The van der Waals surface area contributed by atoms with Gasteiger partial charge in [-0.3, -0.25) is 9.36 Å². The van der Waals surface area contributed by atoms with Gasteiger partial charge in [0, 0.05) is 13.7 Å². The van der Waals surface area contributed by atoms with Crippen LogP contribution in [0.4, 0.5) is 18.9 Å². The predicted molar refractivity (Wildman–Crippen MR) is 121 cm³/mol. The Bertz CT molecular complexity index is 1080. The van der Waals surface area contributed by atoms with E-state index >= 15 is 0 Å². The first-order chi connectivity index (χ1) is 16.2. The second-order valence-corrected chi connectivity index (χ2v) is 8.62. The molecule has 0 unspecified atom stereocenters. The van der Waals surface area contributed by atoms with Crippen LogP contribution < -0.4 is 10.1 Å². The summed E-state index contributed by atoms with van der Waals surface area (Å²) in [5.74, 6) is 0.864. The van der Waals surface area contributed by atoms with Crippen LogP contribution in [-0.2, 0) is 22.3 Å². The molecule has 0 radical (unpaired) electrons. The highest BCUT2D eigenvalue weighted by molar-refractivity contribution is 7.99. The maximum Gasteiger partial charge on any atom is 0.416 e. The van der Waals surface area contributed by atoms with Gasteiger partial charge in [-0.2, -0.15) is 13.2 Å². The Morgan fingerprint density at radius 3 is 2.68 bits per heavy atom.